The van der Waals surface area contributed by atoms with Crippen molar-refractivity contribution in [1.82, 2.24) is 14.6 Å². The summed E-state index contributed by atoms with van der Waals surface area (Å²) in [6, 6.07) is 1.29. The number of amides is 1. The third-order valence-electron chi connectivity index (χ3n) is 2.76. The van der Waals surface area contributed by atoms with Gasteiger partial charge in [-0.2, -0.15) is 0 Å². The van der Waals surface area contributed by atoms with Crippen molar-refractivity contribution >= 4 is 15.9 Å². The Morgan fingerprint density at radius 3 is 2.68 bits per heavy atom. The molecule has 0 aliphatic heterocycles. The fraction of sp³-hybridized carbons (Fsp3) is 0.545. The average Bonchev–Trinajstić information content (AvgIpc) is 2.78. The Balaban J connectivity index is 2.88. The van der Waals surface area contributed by atoms with Gasteiger partial charge in [-0.15, -0.1) is 0 Å². The van der Waals surface area contributed by atoms with E-state index in [0.717, 1.165) is 0 Å². The van der Waals surface area contributed by atoms with E-state index < -0.39 is 22.0 Å². The second kappa shape index (κ2) is 6.18. The molecule has 1 aromatic heterocycles. The summed E-state index contributed by atoms with van der Waals surface area (Å²) in [5.74, 6) is -0.424. The zero-order chi connectivity index (χ0) is 14.6. The number of hydrogen-bond acceptors (Lipinski definition) is 4. The summed E-state index contributed by atoms with van der Waals surface area (Å²) in [5.41, 5.74) is 0.220. The minimum Gasteiger partial charge on any atom is -0.391 e. The van der Waals surface area contributed by atoms with E-state index in [1.807, 2.05) is 0 Å². The molecule has 1 rings (SSSR count). The topological polar surface area (TPSA) is 100 Å². The Morgan fingerprint density at radius 1 is 1.53 bits per heavy atom. The molecular formula is C11H19N3O4S. The van der Waals surface area contributed by atoms with Crippen LogP contribution in [0.25, 0.3) is 0 Å². The van der Waals surface area contributed by atoms with E-state index in [1.165, 1.54) is 23.9 Å². The first-order valence-corrected chi connectivity index (χ1v) is 7.36. The fourth-order valence-corrected chi connectivity index (χ4v) is 2.27. The molecule has 0 aliphatic carbocycles. The van der Waals surface area contributed by atoms with E-state index in [-0.39, 0.29) is 17.1 Å². The summed E-state index contributed by atoms with van der Waals surface area (Å²) in [5, 5.41) is 11.9. The number of carbonyl (C=O) groups excluding carboxylic acids is 1. The number of aliphatic hydroxyl groups is 1. The molecule has 0 aromatic carbocycles. The second-order valence-corrected chi connectivity index (χ2v) is 6.04. The van der Waals surface area contributed by atoms with Gasteiger partial charge in [0.25, 0.3) is 5.91 Å². The highest BCUT2D eigenvalue weighted by Gasteiger charge is 2.19. The minimum atomic E-state index is -3.57. The van der Waals surface area contributed by atoms with E-state index in [2.05, 4.69) is 10.0 Å². The molecule has 0 fully saturated rings. The SMILES string of the molecule is CCC(O)CNC(=O)c1cc(S(=O)(=O)NC)cn1C. The largest absolute Gasteiger partial charge is 0.391 e. The lowest BCUT2D eigenvalue weighted by Crippen LogP contribution is -2.32. The number of aromatic nitrogens is 1. The number of nitrogens with one attached hydrogen (secondary N) is 2. The number of aryl methyl sites for hydroxylation is 1. The number of sulfonamides is 1. The van der Waals surface area contributed by atoms with Gasteiger partial charge in [0, 0.05) is 19.8 Å². The van der Waals surface area contributed by atoms with Crippen molar-refractivity contribution < 1.29 is 18.3 Å². The van der Waals surface area contributed by atoms with Gasteiger partial charge in [0.05, 0.1) is 6.10 Å². The van der Waals surface area contributed by atoms with Crippen LogP contribution >= 0.6 is 0 Å². The lowest BCUT2D eigenvalue weighted by Gasteiger charge is -2.09. The highest BCUT2D eigenvalue weighted by molar-refractivity contribution is 7.89. The van der Waals surface area contributed by atoms with Gasteiger partial charge in [-0.1, -0.05) is 6.92 Å². The van der Waals surface area contributed by atoms with Gasteiger partial charge in [0.2, 0.25) is 10.0 Å². The van der Waals surface area contributed by atoms with Gasteiger partial charge in [-0.3, -0.25) is 4.79 Å². The first-order valence-electron chi connectivity index (χ1n) is 5.88. The first-order chi connectivity index (χ1) is 8.81. The van der Waals surface area contributed by atoms with Crippen molar-refractivity contribution in [3.63, 3.8) is 0 Å². The summed E-state index contributed by atoms with van der Waals surface area (Å²) in [6.07, 6.45) is 1.29. The van der Waals surface area contributed by atoms with Crippen molar-refractivity contribution in [2.24, 2.45) is 7.05 Å². The van der Waals surface area contributed by atoms with Crippen molar-refractivity contribution in [2.45, 2.75) is 24.3 Å². The van der Waals surface area contributed by atoms with Gasteiger partial charge in [0.1, 0.15) is 10.6 Å². The van der Waals surface area contributed by atoms with Crippen molar-refractivity contribution in [1.29, 1.82) is 0 Å². The van der Waals surface area contributed by atoms with Crippen molar-refractivity contribution in [3.05, 3.63) is 18.0 Å². The molecule has 0 bridgehead atoms. The number of hydrogen-bond donors (Lipinski definition) is 3. The fourth-order valence-electron chi connectivity index (χ4n) is 1.47. The minimum absolute atomic E-state index is 0.0266. The number of carbonyl (C=O) groups is 1. The zero-order valence-electron chi connectivity index (χ0n) is 11.2. The molecule has 1 heterocycles. The molecule has 7 nitrogen and oxygen atoms in total. The van der Waals surface area contributed by atoms with E-state index in [0.29, 0.717) is 6.42 Å². The molecule has 19 heavy (non-hydrogen) atoms. The molecule has 0 aliphatic rings. The normalized spacial score (nSPS) is 13.3. The number of aliphatic hydroxyl groups excluding tert-OH is 1. The van der Waals surface area contributed by atoms with Gasteiger partial charge in [-0.05, 0) is 19.5 Å². The van der Waals surface area contributed by atoms with Crippen molar-refractivity contribution in [3.8, 4) is 0 Å². The maximum absolute atomic E-state index is 11.9. The zero-order valence-corrected chi connectivity index (χ0v) is 12.0. The predicted molar refractivity (Wildman–Crippen MR) is 70.3 cm³/mol. The third kappa shape index (κ3) is 3.79. The number of nitrogens with zero attached hydrogens (tertiary/aromatic N) is 1. The van der Waals surface area contributed by atoms with Crippen LogP contribution in [0.4, 0.5) is 0 Å². The van der Waals surface area contributed by atoms with Gasteiger partial charge < -0.3 is 15.0 Å². The monoisotopic (exact) mass is 289 g/mol. The van der Waals surface area contributed by atoms with E-state index >= 15 is 0 Å². The summed E-state index contributed by atoms with van der Waals surface area (Å²) in [7, 11) is -0.681. The van der Waals surface area contributed by atoms with Crippen LogP contribution < -0.4 is 10.0 Å². The summed E-state index contributed by atoms with van der Waals surface area (Å²) >= 11 is 0. The van der Waals surface area contributed by atoms with E-state index in [9.17, 15) is 18.3 Å². The smallest absolute Gasteiger partial charge is 0.268 e. The lowest BCUT2D eigenvalue weighted by molar-refractivity contribution is 0.0906. The van der Waals surface area contributed by atoms with E-state index in [1.54, 1.807) is 14.0 Å². The maximum Gasteiger partial charge on any atom is 0.268 e. The summed E-state index contributed by atoms with van der Waals surface area (Å²) in [4.78, 5) is 11.9. The van der Waals surface area contributed by atoms with Crippen LogP contribution in [0, 0.1) is 0 Å². The molecule has 1 atom stereocenters. The molecule has 3 N–H and O–H groups in total. The maximum atomic E-state index is 11.9. The molecule has 1 amide bonds. The van der Waals surface area contributed by atoms with E-state index in [4.69, 9.17) is 0 Å². The van der Waals surface area contributed by atoms with Crippen LogP contribution in [0.5, 0.6) is 0 Å². The molecule has 0 radical (unpaired) electrons. The molecule has 0 saturated heterocycles. The molecule has 1 unspecified atom stereocenters. The van der Waals surface area contributed by atoms with Crippen LogP contribution in [0.1, 0.15) is 23.8 Å². The van der Waals surface area contributed by atoms with Crippen LogP contribution in [0.2, 0.25) is 0 Å². The van der Waals surface area contributed by atoms with Crippen LogP contribution in [-0.4, -0.2) is 43.7 Å². The molecule has 108 valence electrons. The summed E-state index contributed by atoms with van der Waals surface area (Å²) < 4.78 is 26.8. The molecular weight excluding hydrogens is 270 g/mol. The quantitative estimate of drug-likeness (QED) is 0.653. The van der Waals surface area contributed by atoms with Crippen molar-refractivity contribution in [2.75, 3.05) is 13.6 Å². The molecule has 8 heteroatoms. The van der Waals surface area contributed by atoms with Gasteiger partial charge in [0.15, 0.2) is 0 Å². The Morgan fingerprint density at radius 2 is 2.16 bits per heavy atom. The second-order valence-electron chi connectivity index (χ2n) is 4.15. The molecule has 0 spiro atoms. The predicted octanol–water partition coefficient (Wildman–Crippen LogP) is -0.566. The van der Waals surface area contributed by atoms with Crippen LogP contribution in [0.15, 0.2) is 17.2 Å². The highest BCUT2D eigenvalue weighted by Crippen LogP contribution is 2.12. The number of rotatable bonds is 6. The molecule has 1 aromatic rings. The Labute approximate surface area is 112 Å². The average molecular weight is 289 g/mol. The highest BCUT2D eigenvalue weighted by atomic mass is 32.2. The molecule has 0 saturated carbocycles. The Bertz CT molecular complexity index is 550. The Kier molecular flexibility index (Phi) is 5.10. The standard InChI is InChI=1S/C11H19N3O4S/c1-4-8(15)6-13-11(16)10-5-9(7-14(10)3)19(17,18)12-2/h5,7-8,12,15H,4,6H2,1-3H3,(H,13,16). The van der Waals surface area contributed by atoms with Gasteiger partial charge in [-0.25, -0.2) is 13.1 Å². The Hall–Kier alpha value is -1.38. The van der Waals surface area contributed by atoms with Crippen LogP contribution in [-0.2, 0) is 17.1 Å². The van der Waals surface area contributed by atoms with Crippen LogP contribution in [0.3, 0.4) is 0 Å². The summed E-state index contributed by atoms with van der Waals surface area (Å²) in [6.45, 7) is 1.94. The third-order valence-corrected chi connectivity index (χ3v) is 4.14. The lowest BCUT2D eigenvalue weighted by atomic mass is 10.3. The first kappa shape index (κ1) is 15.7. The van der Waals surface area contributed by atoms with Gasteiger partial charge >= 0.3 is 0 Å².